The number of rotatable bonds is 3. The maximum absolute atomic E-state index is 12.1. The molecule has 3 saturated heterocycles. The van der Waals surface area contributed by atoms with Crippen molar-refractivity contribution in [1.29, 1.82) is 0 Å². The molecule has 108 valence electrons. The summed E-state index contributed by atoms with van der Waals surface area (Å²) in [5.41, 5.74) is 0. The van der Waals surface area contributed by atoms with Crippen molar-refractivity contribution < 1.29 is 9.53 Å². The lowest BCUT2D eigenvalue weighted by atomic mass is 10.1. The van der Waals surface area contributed by atoms with E-state index in [4.69, 9.17) is 4.74 Å². The van der Waals surface area contributed by atoms with Gasteiger partial charge in [0.2, 0.25) is 5.91 Å². The first kappa shape index (κ1) is 13.3. The van der Waals surface area contributed by atoms with E-state index in [1.165, 1.54) is 0 Å². The topological polar surface area (TPSA) is 48.1 Å². The molecule has 0 aromatic heterocycles. The van der Waals surface area contributed by atoms with Gasteiger partial charge in [0.1, 0.15) is 0 Å². The number of piperazine rings is 2. The largest absolute Gasteiger partial charge is 0.379 e. The molecular weight excluding hydrogens is 244 g/mol. The van der Waals surface area contributed by atoms with Crippen molar-refractivity contribution in [2.24, 2.45) is 0 Å². The number of fused-ring (bicyclic) bond motifs is 1. The Morgan fingerprint density at radius 2 is 2.05 bits per heavy atom. The van der Waals surface area contributed by atoms with Crippen molar-refractivity contribution in [2.75, 3.05) is 72.1 Å². The van der Waals surface area contributed by atoms with E-state index < -0.39 is 0 Å². The van der Waals surface area contributed by atoms with Gasteiger partial charge in [-0.2, -0.15) is 0 Å². The molecule has 0 aliphatic carbocycles. The highest BCUT2D eigenvalue weighted by molar-refractivity contribution is 5.79. The van der Waals surface area contributed by atoms with Crippen LogP contribution in [0.2, 0.25) is 0 Å². The number of amides is 1. The van der Waals surface area contributed by atoms with Crippen LogP contribution < -0.4 is 5.32 Å². The Morgan fingerprint density at radius 1 is 1.21 bits per heavy atom. The van der Waals surface area contributed by atoms with Crippen LogP contribution in [0.3, 0.4) is 0 Å². The average molecular weight is 268 g/mol. The summed E-state index contributed by atoms with van der Waals surface area (Å²) in [7, 11) is 0. The molecule has 1 amide bonds. The summed E-state index contributed by atoms with van der Waals surface area (Å²) in [6, 6.07) is 0.510. The molecule has 3 heterocycles. The highest BCUT2D eigenvalue weighted by Crippen LogP contribution is 2.12. The SMILES string of the molecule is O=C1CN2CCNCC2CN1CCN1CCOCC1. The van der Waals surface area contributed by atoms with Gasteiger partial charge in [-0.3, -0.25) is 14.6 Å². The van der Waals surface area contributed by atoms with Gasteiger partial charge in [0.15, 0.2) is 0 Å². The first-order chi connectivity index (χ1) is 9.33. The Bertz CT molecular complexity index is 320. The summed E-state index contributed by atoms with van der Waals surface area (Å²) in [4.78, 5) is 18.9. The van der Waals surface area contributed by atoms with E-state index in [0.717, 1.165) is 65.6 Å². The van der Waals surface area contributed by atoms with E-state index in [-0.39, 0.29) is 0 Å². The number of nitrogens with one attached hydrogen (secondary N) is 1. The zero-order valence-electron chi connectivity index (χ0n) is 11.5. The van der Waals surface area contributed by atoms with Gasteiger partial charge in [-0.25, -0.2) is 0 Å². The van der Waals surface area contributed by atoms with Crippen LogP contribution in [0.1, 0.15) is 0 Å². The van der Waals surface area contributed by atoms with E-state index >= 15 is 0 Å². The normalized spacial score (nSPS) is 30.4. The van der Waals surface area contributed by atoms with E-state index in [2.05, 4.69) is 15.1 Å². The molecule has 0 aromatic rings. The minimum absolute atomic E-state index is 0.298. The molecule has 1 unspecified atom stereocenters. The Kier molecular flexibility index (Phi) is 4.32. The summed E-state index contributed by atoms with van der Waals surface area (Å²) in [5, 5.41) is 3.42. The van der Waals surface area contributed by atoms with Crippen molar-refractivity contribution in [3.05, 3.63) is 0 Å². The Morgan fingerprint density at radius 3 is 2.89 bits per heavy atom. The van der Waals surface area contributed by atoms with Crippen LogP contribution >= 0.6 is 0 Å². The quantitative estimate of drug-likeness (QED) is 0.670. The fraction of sp³-hybridized carbons (Fsp3) is 0.923. The third-order valence-corrected chi connectivity index (χ3v) is 4.38. The Balaban J connectivity index is 1.48. The minimum Gasteiger partial charge on any atom is -0.379 e. The van der Waals surface area contributed by atoms with Crippen molar-refractivity contribution in [3.8, 4) is 0 Å². The number of ether oxygens (including phenoxy) is 1. The van der Waals surface area contributed by atoms with Crippen molar-refractivity contribution in [3.63, 3.8) is 0 Å². The molecule has 0 bridgehead atoms. The third kappa shape index (κ3) is 3.25. The van der Waals surface area contributed by atoms with Gasteiger partial charge in [0.05, 0.1) is 19.8 Å². The molecule has 6 nitrogen and oxygen atoms in total. The van der Waals surface area contributed by atoms with Crippen LogP contribution in [-0.2, 0) is 9.53 Å². The first-order valence-corrected chi connectivity index (χ1v) is 7.35. The molecule has 0 saturated carbocycles. The van der Waals surface area contributed by atoms with E-state index in [1.807, 2.05) is 4.90 Å². The Hall–Kier alpha value is -0.690. The summed E-state index contributed by atoms with van der Waals surface area (Å²) >= 11 is 0. The number of hydrogen-bond donors (Lipinski definition) is 1. The molecule has 6 heteroatoms. The number of carbonyl (C=O) groups excluding carboxylic acids is 1. The molecule has 3 fully saturated rings. The molecule has 0 radical (unpaired) electrons. The van der Waals surface area contributed by atoms with Crippen molar-refractivity contribution in [2.45, 2.75) is 6.04 Å². The molecule has 1 atom stereocenters. The number of hydrogen-bond acceptors (Lipinski definition) is 5. The fourth-order valence-corrected chi connectivity index (χ4v) is 3.12. The standard InChI is InChI=1S/C13H24N4O2/c18-13-11-16-2-1-14-9-12(16)10-17(13)4-3-15-5-7-19-8-6-15/h12,14H,1-11H2. The monoisotopic (exact) mass is 268 g/mol. The molecule has 0 spiro atoms. The summed E-state index contributed by atoms with van der Waals surface area (Å²) in [6.07, 6.45) is 0. The van der Waals surface area contributed by atoms with Crippen LogP contribution in [0.25, 0.3) is 0 Å². The highest BCUT2D eigenvalue weighted by atomic mass is 16.5. The van der Waals surface area contributed by atoms with Gasteiger partial charge in [0.25, 0.3) is 0 Å². The zero-order valence-corrected chi connectivity index (χ0v) is 11.5. The van der Waals surface area contributed by atoms with E-state index in [9.17, 15) is 4.79 Å². The summed E-state index contributed by atoms with van der Waals surface area (Å²) in [5.74, 6) is 0.298. The van der Waals surface area contributed by atoms with Crippen LogP contribution in [0.4, 0.5) is 0 Å². The predicted octanol–water partition coefficient (Wildman–Crippen LogP) is -1.57. The third-order valence-electron chi connectivity index (χ3n) is 4.38. The summed E-state index contributed by atoms with van der Waals surface area (Å²) in [6.45, 7) is 10.0. The Labute approximate surface area is 114 Å². The van der Waals surface area contributed by atoms with Crippen LogP contribution in [0, 0.1) is 0 Å². The minimum atomic E-state index is 0.298. The van der Waals surface area contributed by atoms with Crippen molar-refractivity contribution >= 4 is 5.91 Å². The molecule has 3 aliphatic heterocycles. The van der Waals surface area contributed by atoms with Gasteiger partial charge in [-0.1, -0.05) is 0 Å². The lowest BCUT2D eigenvalue weighted by molar-refractivity contribution is -0.139. The predicted molar refractivity (Wildman–Crippen MR) is 72.1 cm³/mol. The van der Waals surface area contributed by atoms with Crippen LogP contribution in [0.15, 0.2) is 0 Å². The second-order valence-electron chi connectivity index (χ2n) is 5.62. The number of carbonyl (C=O) groups is 1. The maximum atomic E-state index is 12.1. The highest BCUT2D eigenvalue weighted by Gasteiger charge is 2.33. The van der Waals surface area contributed by atoms with Gasteiger partial charge in [-0.15, -0.1) is 0 Å². The number of nitrogens with zero attached hydrogens (tertiary/aromatic N) is 3. The van der Waals surface area contributed by atoms with Crippen molar-refractivity contribution in [1.82, 2.24) is 20.0 Å². The van der Waals surface area contributed by atoms with Crippen LogP contribution in [-0.4, -0.2) is 98.8 Å². The van der Waals surface area contributed by atoms with Gasteiger partial charge in [-0.05, 0) is 0 Å². The van der Waals surface area contributed by atoms with Crippen LogP contribution in [0.5, 0.6) is 0 Å². The maximum Gasteiger partial charge on any atom is 0.236 e. The second kappa shape index (κ2) is 6.17. The lowest BCUT2D eigenvalue weighted by Crippen LogP contribution is -2.63. The molecule has 0 aromatic carbocycles. The first-order valence-electron chi connectivity index (χ1n) is 7.35. The fourth-order valence-electron chi connectivity index (χ4n) is 3.12. The molecule has 1 N–H and O–H groups in total. The van der Waals surface area contributed by atoms with Gasteiger partial charge < -0.3 is 15.0 Å². The van der Waals surface area contributed by atoms with E-state index in [0.29, 0.717) is 18.5 Å². The molecular formula is C13H24N4O2. The van der Waals surface area contributed by atoms with Gasteiger partial charge >= 0.3 is 0 Å². The molecule has 3 rings (SSSR count). The number of morpholine rings is 1. The average Bonchev–Trinajstić information content (AvgIpc) is 2.46. The van der Waals surface area contributed by atoms with Gasteiger partial charge in [0, 0.05) is 58.4 Å². The molecule has 19 heavy (non-hydrogen) atoms. The summed E-state index contributed by atoms with van der Waals surface area (Å²) < 4.78 is 5.35. The lowest BCUT2D eigenvalue weighted by Gasteiger charge is -2.44. The molecule has 3 aliphatic rings. The smallest absolute Gasteiger partial charge is 0.236 e. The van der Waals surface area contributed by atoms with E-state index in [1.54, 1.807) is 0 Å². The zero-order chi connectivity index (χ0) is 13.1. The second-order valence-corrected chi connectivity index (χ2v) is 5.62.